The number of amides is 6. The van der Waals surface area contributed by atoms with Gasteiger partial charge >= 0.3 is 0 Å². The standard InChI is InChI=1S/C56H84N6O7/c1-33(2)29-45(59-48(64)24-19-35(5)42-22-23-43-41-21-20-39-32-40(63)25-27-55(39,7)44(41)26-28-56(42,43)8)53(68)62-49(34(3)4)54(69)61-47(31-38-17-13-10-14-18-38)52(67)60-46(30-37-15-11-9-12-16-37)51(66)58-36(6)50(57)65/h9-18,33-36,39-47,49,63H,19-32H2,1-8H3,(H2,57,65)(H,58,66)(H,59,64)(H,60,67)(H,61,69)(H,62,68)/t35?,36-,39-,40-,41?,42?,43?,44?,45-,46-,47-,49-,55?,56-/m1/s1. The summed E-state index contributed by atoms with van der Waals surface area (Å²) in [6, 6.07) is 13.1. The molecule has 4 saturated carbocycles. The SMILES string of the molecule is CC(C)C[C@@H](NC(=O)CCC(C)C1CCC2C3CC[C@@H]4C[C@H](O)CCC4(C)C3CC[C@]12C)C(=O)N[C@@H](C(=O)N[C@H](Cc1ccccc1)C(=O)N[C@H](Cc1ccccc1)C(=O)N[C@H](C)C(N)=O)C(C)C. The van der Waals surface area contributed by atoms with E-state index in [1.807, 2.05) is 74.5 Å². The zero-order valence-electron chi connectivity index (χ0n) is 42.7. The molecule has 4 aliphatic rings. The topological polar surface area (TPSA) is 209 Å². The lowest BCUT2D eigenvalue weighted by Gasteiger charge is -2.61. The Hall–Kier alpha value is -4.78. The van der Waals surface area contributed by atoms with Crippen LogP contribution in [0.5, 0.6) is 0 Å². The van der Waals surface area contributed by atoms with Gasteiger partial charge in [-0.05, 0) is 147 Å². The number of carbonyl (C=O) groups excluding carboxylic acids is 6. The average Bonchev–Trinajstić information content (AvgIpc) is 3.67. The summed E-state index contributed by atoms with van der Waals surface area (Å²) in [5.41, 5.74) is 7.56. The van der Waals surface area contributed by atoms with Gasteiger partial charge in [-0.25, -0.2) is 0 Å². The highest BCUT2D eigenvalue weighted by Crippen LogP contribution is 2.68. The number of rotatable bonds is 21. The molecular formula is C56H84N6O7. The number of benzene rings is 2. The first kappa shape index (κ1) is 53.6. The molecule has 380 valence electrons. The Bertz CT molecular complexity index is 2080. The van der Waals surface area contributed by atoms with Crippen molar-refractivity contribution in [2.24, 2.45) is 63.9 Å². The summed E-state index contributed by atoms with van der Waals surface area (Å²) in [5.74, 6) is 0.212. The van der Waals surface area contributed by atoms with Gasteiger partial charge < -0.3 is 37.4 Å². The van der Waals surface area contributed by atoms with Gasteiger partial charge in [-0.3, -0.25) is 28.8 Å². The minimum atomic E-state index is -1.15. The van der Waals surface area contributed by atoms with E-state index < -0.39 is 65.7 Å². The Labute approximate surface area is 411 Å². The fraction of sp³-hybridized carbons (Fsp3) is 0.679. The van der Waals surface area contributed by atoms with Crippen LogP contribution in [0.1, 0.15) is 144 Å². The summed E-state index contributed by atoms with van der Waals surface area (Å²) >= 11 is 0. The highest BCUT2D eigenvalue weighted by molar-refractivity contribution is 5.96. The van der Waals surface area contributed by atoms with E-state index in [0.717, 1.165) is 48.6 Å². The molecule has 0 saturated heterocycles. The largest absolute Gasteiger partial charge is 0.393 e. The third-order valence-electron chi connectivity index (χ3n) is 17.4. The minimum Gasteiger partial charge on any atom is -0.393 e. The van der Waals surface area contributed by atoms with E-state index >= 15 is 0 Å². The van der Waals surface area contributed by atoms with Crippen molar-refractivity contribution in [3.8, 4) is 0 Å². The number of hydrogen-bond donors (Lipinski definition) is 7. The lowest BCUT2D eigenvalue weighted by atomic mass is 9.44. The van der Waals surface area contributed by atoms with Crippen molar-refractivity contribution in [2.75, 3.05) is 0 Å². The molecule has 13 nitrogen and oxygen atoms in total. The van der Waals surface area contributed by atoms with Gasteiger partial charge in [-0.1, -0.05) is 109 Å². The number of hydrogen-bond acceptors (Lipinski definition) is 7. The average molecular weight is 953 g/mol. The molecule has 0 spiro atoms. The van der Waals surface area contributed by atoms with Crippen molar-refractivity contribution in [1.82, 2.24) is 26.6 Å². The summed E-state index contributed by atoms with van der Waals surface area (Å²) in [5, 5.41) is 24.8. The maximum atomic E-state index is 14.3. The van der Waals surface area contributed by atoms with Gasteiger partial charge in [-0.15, -0.1) is 0 Å². The van der Waals surface area contributed by atoms with E-state index in [-0.39, 0.29) is 36.2 Å². The number of carbonyl (C=O) groups is 6. The summed E-state index contributed by atoms with van der Waals surface area (Å²) in [4.78, 5) is 81.9. The molecule has 4 aliphatic carbocycles. The molecule has 0 bridgehead atoms. The predicted octanol–water partition coefficient (Wildman–Crippen LogP) is 6.54. The zero-order valence-corrected chi connectivity index (χ0v) is 42.7. The second-order valence-electron chi connectivity index (χ2n) is 22.9. The molecule has 6 unspecified atom stereocenters. The third-order valence-corrected chi connectivity index (χ3v) is 17.4. The molecule has 0 aliphatic heterocycles. The van der Waals surface area contributed by atoms with Gasteiger partial charge in [0, 0.05) is 19.3 Å². The van der Waals surface area contributed by atoms with Crippen LogP contribution in [0.4, 0.5) is 0 Å². The summed E-state index contributed by atoms with van der Waals surface area (Å²) in [6.45, 7) is 16.5. The van der Waals surface area contributed by atoms with Crippen LogP contribution in [0.2, 0.25) is 0 Å². The molecule has 14 atom stereocenters. The molecule has 6 amide bonds. The van der Waals surface area contributed by atoms with Crippen LogP contribution in [0.25, 0.3) is 0 Å². The van der Waals surface area contributed by atoms with Gasteiger partial charge in [0.05, 0.1) is 6.10 Å². The highest BCUT2D eigenvalue weighted by atomic mass is 16.3. The van der Waals surface area contributed by atoms with E-state index in [0.29, 0.717) is 41.9 Å². The van der Waals surface area contributed by atoms with Crippen LogP contribution < -0.4 is 32.3 Å². The third kappa shape index (κ3) is 13.2. The van der Waals surface area contributed by atoms with Crippen LogP contribution in [0.3, 0.4) is 0 Å². The number of nitrogens with one attached hydrogen (secondary N) is 5. The van der Waals surface area contributed by atoms with Crippen molar-refractivity contribution < 1.29 is 33.9 Å². The predicted molar refractivity (Wildman–Crippen MR) is 269 cm³/mol. The maximum Gasteiger partial charge on any atom is 0.243 e. The van der Waals surface area contributed by atoms with Gasteiger partial charge in [0.15, 0.2) is 0 Å². The number of nitrogens with two attached hydrogens (primary N) is 1. The molecule has 69 heavy (non-hydrogen) atoms. The molecule has 6 rings (SSSR count). The molecule has 0 aromatic heterocycles. The van der Waals surface area contributed by atoms with Crippen molar-refractivity contribution in [1.29, 1.82) is 0 Å². The minimum absolute atomic E-state index is 0.0683. The summed E-state index contributed by atoms with van der Waals surface area (Å²) in [7, 11) is 0. The smallest absolute Gasteiger partial charge is 0.243 e. The number of fused-ring (bicyclic) bond motifs is 5. The molecule has 8 N–H and O–H groups in total. The van der Waals surface area contributed by atoms with Crippen LogP contribution in [-0.2, 0) is 41.6 Å². The van der Waals surface area contributed by atoms with Crippen LogP contribution in [-0.4, -0.2) is 76.9 Å². The molecule has 13 heteroatoms. The van der Waals surface area contributed by atoms with E-state index in [1.54, 1.807) is 13.8 Å². The van der Waals surface area contributed by atoms with Gasteiger partial charge in [-0.2, -0.15) is 0 Å². The van der Waals surface area contributed by atoms with E-state index in [2.05, 4.69) is 47.4 Å². The van der Waals surface area contributed by atoms with Crippen molar-refractivity contribution >= 4 is 35.4 Å². The summed E-state index contributed by atoms with van der Waals surface area (Å²) in [6.07, 6.45) is 12.0. The van der Waals surface area contributed by atoms with Crippen molar-refractivity contribution in [3.63, 3.8) is 0 Å². The molecular weight excluding hydrogens is 869 g/mol. The van der Waals surface area contributed by atoms with Crippen molar-refractivity contribution in [2.45, 2.75) is 182 Å². The van der Waals surface area contributed by atoms with Gasteiger partial charge in [0.25, 0.3) is 0 Å². The van der Waals surface area contributed by atoms with Gasteiger partial charge in [0.1, 0.15) is 30.2 Å². The summed E-state index contributed by atoms with van der Waals surface area (Å²) < 4.78 is 0. The van der Waals surface area contributed by atoms with E-state index in [1.165, 1.54) is 45.4 Å². The Morgan fingerprint density at radius 2 is 1.19 bits per heavy atom. The van der Waals surface area contributed by atoms with Crippen LogP contribution >= 0.6 is 0 Å². The first-order valence-electron chi connectivity index (χ1n) is 26.3. The zero-order chi connectivity index (χ0) is 50.2. The Balaban J connectivity index is 1.09. The lowest BCUT2D eigenvalue weighted by molar-refractivity contribution is -0.135. The molecule has 4 fully saturated rings. The molecule has 2 aromatic rings. The van der Waals surface area contributed by atoms with Gasteiger partial charge in [0.2, 0.25) is 35.4 Å². The quantitative estimate of drug-likeness (QED) is 0.0735. The van der Waals surface area contributed by atoms with E-state index in [9.17, 15) is 33.9 Å². The Kier molecular flexibility index (Phi) is 18.2. The Morgan fingerprint density at radius 1 is 0.638 bits per heavy atom. The van der Waals surface area contributed by atoms with Crippen molar-refractivity contribution in [3.05, 3.63) is 71.8 Å². The Morgan fingerprint density at radius 3 is 1.77 bits per heavy atom. The number of aliphatic hydroxyl groups excluding tert-OH is 1. The van der Waals surface area contributed by atoms with Crippen LogP contribution in [0, 0.1) is 58.2 Å². The van der Waals surface area contributed by atoms with E-state index in [4.69, 9.17) is 5.73 Å². The second kappa shape index (κ2) is 23.4. The highest BCUT2D eigenvalue weighted by Gasteiger charge is 2.60. The molecule has 2 aromatic carbocycles. The maximum absolute atomic E-state index is 14.3. The monoisotopic (exact) mass is 953 g/mol. The number of primary amides is 1. The molecule has 0 heterocycles. The molecule has 0 radical (unpaired) electrons. The first-order valence-corrected chi connectivity index (χ1v) is 26.3. The van der Waals surface area contributed by atoms with Crippen LogP contribution in [0.15, 0.2) is 60.7 Å². The fourth-order valence-electron chi connectivity index (χ4n) is 13.6. The number of aliphatic hydroxyl groups is 1. The fourth-order valence-corrected chi connectivity index (χ4v) is 13.6. The second-order valence-corrected chi connectivity index (χ2v) is 22.9. The normalized spacial score (nSPS) is 28.9. The lowest BCUT2D eigenvalue weighted by Crippen LogP contribution is -2.60. The first-order chi connectivity index (χ1) is 32.7.